The number of rotatable bonds is 10. The van der Waals surface area contributed by atoms with Crippen molar-refractivity contribution >= 4 is 58.5 Å². The van der Waals surface area contributed by atoms with Gasteiger partial charge in [0.25, 0.3) is 5.91 Å². The highest BCUT2D eigenvalue weighted by Crippen LogP contribution is 2.25. The molecule has 0 aliphatic carbocycles. The van der Waals surface area contributed by atoms with Crippen LogP contribution in [-0.2, 0) is 14.4 Å². The number of nitrogens with zero attached hydrogens (tertiary/aromatic N) is 1. The number of hydrazone groups is 1. The van der Waals surface area contributed by atoms with Gasteiger partial charge in [-0.3, -0.25) is 14.4 Å². The molecule has 37 heavy (non-hydrogen) atoms. The first-order valence-electron chi connectivity index (χ1n) is 10.8. The summed E-state index contributed by atoms with van der Waals surface area (Å²) in [5.41, 5.74) is 3.50. The van der Waals surface area contributed by atoms with Crippen molar-refractivity contribution in [2.45, 2.75) is 0 Å². The summed E-state index contributed by atoms with van der Waals surface area (Å²) < 4.78 is 10.9. The number of amides is 3. The minimum absolute atomic E-state index is 0.294. The summed E-state index contributed by atoms with van der Waals surface area (Å²) in [5.74, 6) is -1.36. The maximum Gasteiger partial charge on any atom is 0.329 e. The SMILES string of the molecule is C=CCOc1ccc(NC(=O)C(=O)N/N=C\c2ccccc2OCC(=O)Nc2ccc(Cl)c(Cl)c2)cc1. The van der Waals surface area contributed by atoms with Crippen LogP contribution in [0.3, 0.4) is 0 Å². The maximum atomic E-state index is 12.2. The molecule has 0 spiro atoms. The Labute approximate surface area is 223 Å². The quantitative estimate of drug-likeness (QED) is 0.149. The number of benzene rings is 3. The molecule has 0 saturated heterocycles. The van der Waals surface area contributed by atoms with Crippen LogP contribution < -0.4 is 25.5 Å². The molecule has 0 saturated carbocycles. The highest BCUT2D eigenvalue weighted by molar-refractivity contribution is 6.42. The van der Waals surface area contributed by atoms with Crippen molar-refractivity contribution in [2.75, 3.05) is 23.8 Å². The number of para-hydroxylation sites is 1. The van der Waals surface area contributed by atoms with E-state index < -0.39 is 17.7 Å². The van der Waals surface area contributed by atoms with Gasteiger partial charge in [-0.25, -0.2) is 5.43 Å². The number of nitrogens with one attached hydrogen (secondary N) is 3. The normalized spacial score (nSPS) is 10.4. The first-order valence-corrected chi connectivity index (χ1v) is 11.6. The number of carbonyl (C=O) groups excluding carboxylic acids is 3. The van der Waals surface area contributed by atoms with Gasteiger partial charge in [-0.2, -0.15) is 5.10 Å². The van der Waals surface area contributed by atoms with E-state index in [1.807, 2.05) is 0 Å². The zero-order chi connectivity index (χ0) is 26.6. The average Bonchev–Trinajstić information content (AvgIpc) is 2.89. The van der Waals surface area contributed by atoms with Crippen LogP contribution in [0.1, 0.15) is 5.56 Å². The van der Waals surface area contributed by atoms with E-state index in [4.69, 9.17) is 32.7 Å². The van der Waals surface area contributed by atoms with Crippen molar-refractivity contribution in [2.24, 2.45) is 5.10 Å². The summed E-state index contributed by atoms with van der Waals surface area (Å²) in [6.45, 7) is 3.63. The standard InChI is InChI=1S/C26H22Cl2N4O5/c1-2-13-36-20-10-7-18(8-11-20)31-25(34)26(35)32-29-15-17-5-3-4-6-23(17)37-16-24(33)30-19-9-12-21(27)22(28)14-19/h2-12,14-15H,1,13,16H2,(H,30,33)(H,31,34)(H,32,35)/b29-15-. The van der Waals surface area contributed by atoms with Crippen molar-refractivity contribution in [3.8, 4) is 11.5 Å². The molecule has 9 nitrogen and oxygen atoms in total. The molecule has 3 rings (SSSR count). The topological polar surface area (TPSA) is 118 Å². The van der Waals surface area contributed by atoms with Crippen LogP contribution in [0.25, 0.3) is 0 Å². The van der Waals surface area contributed by atoms with E-state index >= 15 is 0 Å². The summed E-state index contributed by atoms with van der Waals surface area (Å²) >= 11 is 11.8. The van der Waals surface area contributed by atoms with Gasteiger partial charge in [-0.15, -0.1) is 0 Å². The zero-order valence-electron chi connectivity index (χ0n) is 19.4. The van der Waals surface area contributed by atoms with Gasteiger partial charge in [0.15, 0.2) is 6.61 Å². The van der Waals surface area contributed by atoms with E-state index in [1.165, 1.54) is 12.3 Å². The Morgan fingerprint density at radius 1 is 0.865 bits per heavy atom. The number of ether oxygens (including phenoxy) is 2. The van der Waals surface area contributed by atoms with Crippen molar-refractivity contribution < 1.29 is 23.9 Å². The molecule has 0 aromatic heterocycles. The van der Waals surface area contributed by atoms with Crippen molar-refractivity contribution in [3.05, 3.63) is 95.0 Å². The van der Waals surface area contributed by atoms with E-state index in [0.717, 1.165) is 0 Å². The molecule has 0 radical (unpaired) electrons. The molecule has 0 aliphatic rings. The molecule has 3 aromatic rings. The largest absolute Gasteiger partial charge is 0.490 e. The van der Waals surface area contributed by atoms with Gasteiger partial charge in [0.05, 0.1) is 16.3 Å². The molecular weight excluding hydrogens is 519 g/mol. The number of anilines is 2. The first kappa shape index (κ1) is 27.3. The molecule has 3 aromatic carbocycles. The summed E-state index contributed by atoms with van der Waals surface area (Å²) in [4.78, 5) is 36.4. The van der Waals surface area contributed by atoms with Crippen LogP contribution in [-0.4, -0.2) is 37.1 Å². The average molecular weight is 541 g/mol. The van der Waals surface area contributed by atoms with E-state index in [0.29, 0.717) is 45.1 Å². The highest BCUT2D eigenvalue weighted by Gasteiger charge is 2.13. The third kappa shape index (κ3) is 8.68. The number of hydrogen-bond donors (Lipinski definition) is 3. The van der Waals surface area contributed by atoms with Crippen LogP contribution in [0.2, 0.25) is 10.0 Å². The first-order chi connectivity index (χ1) is 17.9. The molecule has 3 amide bonds. The van der Waals surface area contributed by atoms with E-state index in [9.17, 15) is 14.4 Å². The van der Waals surface area contributed by atoms with Gasteiger partial charge < -0.3 is 20.1 Å². The van der Waals surface area contributed by atoms with Gasteiger partial charge in [0, 0.05) is 16.9 Å². The third-order valence-corrected chi connectivity index (χ3v) is 5.28. The van der Waals surface area contributed by atoms with Crippen molar-refractivity contribution in [1.82, 2.24) is 5.43 Å². The second kappa shape index (κ2) is 13.7. The minimum Gasteiger partial charge on any atom is -0.490 e. The second-order valence-electron chi connectivity index (χ2n) is 7.28. The van der Waals surface area contributed by atoms with E-state index in [-0.39, 0.29) is 6.61 Å². The van der Waals surface area contributed by atoms with Gasteiger partial charge >= 0.3 is 11.8 Å². The summed E-state index contributed by atoms with van der Waals surface area (Å²) in [5, 5.41) is 9.59. The molecule has 0 heterocycles. The van der Waals surface area contributed by atoms with Gasteiger partial charge in [-0.1, -0.05) is 48.0 Å². The minimum atomic E-state index is -0.970. The van der Waals surface area contributed by atoms with Crippen LogP contribution >= 0.6 is 23.2 Å². The van der Waals surface area contributed by atoms with Crippen molar-refractivity contribution in [1.29, 1.82) is 0 Å². The number of hydrogen-bond acceptors (Lipinski definition) is 6. The Bertz CT molecular complexity index is 1310. The monoisotopic (exact) mass is 540 g/mol. The third-order valence-electron chi connectivity index (χ3n) is 4.54. The van der Waals surface area contributed by atoms with E-state index in [1.54, 1.807) is 66.7 Å². The smallest absolute Gasteiger partial charge is 0.329 e. The predicted molar refractivity (Wildman–Crippen MR) is 144 cm³/mol. The summed E-state index contributed by atoms with van der Waals surface area (Å²) in [6, 6.07) is 17.9. The Kier molecular flexibility index (Phi) is 10.1. The lowest BCUT2D eigenvalue weighted by Gasteiger charge is -2.10. The molecule has 0 atom stereocenters. The molecule has 11 heteroatoms. The van der Waals surface area contributed by atoms with Crippen LogP contribution in [0, 0.1) is 0 Å². The van der Waals surface area contributed by atoms with Crippen molar-refractivity contribution in [3.63, 3.8) is 0 Å². The van der Waals surface area contributed by atoms with Gasteiger partial charge in [-0.05, 0) is 54.6 Å². The Hall–Kier alpha value is -4.34. The molecule has 0 unspecified atom stereocenters. The maximum absolute atomic E-state index is 12.2. The lowest BCUT2D eigenvalue weighted by atomic mass is 10.2. The van der Waals surface area contributed by atoms with Gasteiger partial charge in [0.1, 0.15) is 18.1 Å². The molecule has 0 bridgehead atoms. The zero-order valence-corrected chi connectivity index (χ0v) is 20.9. The molecular formula is C26H22Cl2N4O5. The molecule has 190 valence electrons. The summed E-state index contributed by atoms with van der Waals surface area (Å²) in [7, 11) is 0. The van der Waals surface area contributed by atoms with E-state index in [2.05, 4.69) is 27.7 Å². The molecule has 0 fully saturated rings. The highest BCUT2D eigenvalue weighted by atomic mass is 35.5. The summed E-state index contributed by atoms with van der Waals surface area (Å²) in [6.07, 6.45) is 2.91. The van der Waals surface area contributed by atoms with Crippen LogP contribution in [0.5, 0.6) is 11.5 Å². The lowest BCUT2D eigenvalue weighted by Crippen LogP contribution is -2.32. The second-order valence-corrected chi connectivity index (χ2v) is 8.10. The fraction of sp³-hybridized carbons (Fsp3) is 0.0769. The van der Waals surface area contributed by atoms with Gasteiger partial charge in [0.2, 0.25) is 0 Å². The number of carbonyl (C=O) groups is 3. The number of halogens is 2. The Morgan fingerprint density at radius 2 is 1.59 bits per heavy atom. The Morgan fingerprint density at radius 3 is 2.32 bits per heavy atom. The molecule has 3 N–H and O–H groups in total. The fourth-order valence-electron chi connectivity index (χ4n) is 2.82. The predicted octanol–water partition coefficient (Wildman–Crippen LogP) is 4.66. The fourth-order valence-corrected chi connectivity index (χ4v) is 3.12. The van der Waals surface area contributed by atoms with Crippen LogP contribution in [0.15, 0.2) is 84.5 Å². The van der Waals surface area contributed by atoms with Crippen LogP contribution in [0.4, 0.5) is 11.4 Å². The molecule has 0 aliphatic heterocycles. The Balaban J connectivity index is 1.50. The lowest BCUT2D eigenvalue weighted by molar-refractivity contribution is -0.136.